The summed E-state index contributed by atoms with van der Waals surface area (Å²) < 4.78 is 1.56. The molecule has 0 spiro atoms. The van der Waals surface area contributed by atoms with Gasteiger partial charge in [0.05, 0.1) is 30.8 Å². The molecule has 4 rings (SSSR count). The Morgan fingerprint density at radius 2 is 2.15 bits per heavy atom. The molecule has 1 unspecified atom stereocenters. The van der Waals surface area contributed by atoms with Gasteiger partial charge in [0.2, 0.25) is 5.91 Å². The lowest BCUT2D eigenvalue weighted by atomic mass is 10.2. The quantitative estimate of drug-likeness (QED) is 0.587. The summed E-state index contributed by atoms with van der Waals surface area (Å²) in [6, 6.07) is 3.56. The van der Waals surface area contributed by atoms with Gasteiger partial charge in [0.1, 0.15) is 18.6 Å². The van der Waals surface area contributed by atoms with Crippen LogP contribution in [0.5, 0.6) is 0 Å². The molecule has 0 aliphatic carbocycles. The van der Waals surface area contributed by atoms with Crippen LogP contribution in [0.15, 0.2) is 55.5 Å². The molecule has 136 valence electrons. The highest BCUT2D eigenvalue weighted by atomic mass is 16.2. The van der Waals surface area contributed by atoms with E-state index in [9.17, 15) is 4.79 Å². The highest BCUT2D eigenvalue weighted by Crippen LogP contribution is 2.16. The van der Waals surface area contributed by atoms with E-state index in [2.05, 4.69) is 36.3 Å². The minimum absolute atomic E-state index is 0.0840. The Morgan fingerprint density at radius 3 is 2.85 bits per heavy atom. The van der Waals surface area contributed by atoms with E-state index in [4.69, 9.17) is 0 Å². The number of quaternary nitrogens is 1. The van der Waals surface area contributed by atoms with Crippen molar-refractivity contribution in [2.24, 2.45) is 0 Å². The van der Waals surface area contributed by atoms with Crippen LogP contribution in [0.25, 0.3) is 22.5 Å². The molecule has 27 heavy (non-hydrogen) atoms. The van der Waals surface area contributed by atoms with Crippen molar-refractivity contribution < 1.29 is 9.80 Å². The number of nitrogens with zero attached hydrogens (tertiary/aromatic N) is 6. The maximum Gasteiger partial charge on any atom is 0.247 e. The predicted molar refractivity (Wildman–Crippen MR) is 97.5 cm³/mol. The fraction of sp³-hybridized carbons (Fsp3) is 0.118. The van der Waals surface area contributed by atoms with Crippen LogP contribution in [0.1, 0.15) is 5.56 Å². The molecule has 3 aromatic rings. The van der Waals surface area contributed by atoms with Crippen molar-refractivity contribution in [3.63, 3.8) is 0 Å². The fourth-order valence-corrected chi connectivity index (χ4v) is 2.56. The largest absolute Gasteiger partial charge is 0.434 e. The lowest BCUT2D eigenvalue weighted by Gasteiger charge is -2.15. The standard InChI is InChI=1S/C17H17N9O/c1-25-10-15(23-24-25)13-7-21-26(9-13)11-17(27)22-16-3-2-12(6-20-16)14-8-18-4-5-19-14/h2-10,23,25H,11H2,1H3,(H,20,22,27). The summed E-state index contributed by atoms with van der Waals surface area (Å²) in [5.41, 5.74) is 10.3. The summed E-state index contributed by atoms with van der Waals surface area (Å²) in [5.74, 6) is 0.245. The number of rotatable bonds is 5. The van der Waals surface area contributed by atoms with E-state index in [1.54, 1.807) is 47.9 Å². The first kappa shape index (κ1) is 16.8. The van der Waals surface area contributed by atoms with E-state index in [0.717, 1.165) is 27.5 Å². The number of carbonyl (C=O) groups excluding carboxylic acids is 1. The Labute approximate surface area is 154 Å². The van der Waals surface area contributed by atoms with Crippen molar-refractivity contribution in [1.82, 2.24) is 30.2 Å². The van der Waals surface area contributed by atoms with Crippen LogP contribution in [0.3, 0.4) is 0 Å². The summed E-state index contributed by atoms with van der Waals surface area (Å²) >= 11 is 0. The first-order chi connectivity index (χ1) is 13.2. The molecular formula is C17H17N9O. The lowest BCUT2D eigenvalue weighted by Crippen LogP contribution is -2.98. The van der Waals surface area contributed by atoms with Gasteiger partial charge in [-0.05, 0) is 12.1 Å². The van der Waals surface area contributed by atoms with E-state index in [1.807, 2.05) is 19.3 Å². The molecule has 0 fully saturated rings. The van der Waals surface area contributed by atoms with Crippen LogP contribution in [0.4, 0.5) is 5.82 Å². The number of hydrogen-bond acceptors (Lipinski definition) is 6. The van der Waals surface area contributed by atoms with Gasteiger partial charge in [0.25, 0.3) is 0 Å². The number of amides is 1. The van der Waals surface area contributed by atoms with Crippen molar-refractivity contribution in [3.05, 3.63) is 66.6 Å². The van der Waals surface area contributed by atoms with E-state index in [-0.39, 0.29) is 12.5 Å². The third-order valence-electron chi connectivity index (χ3n) is 3.85. The van der Waals surface area contributed by atoms with E-state index < -0.39 is 0 Å². The number of anilines is 1. The summed E-state index contributed by atoms with van der Waals surface area (Å²) in [7, 11) is 1.90. The Kier molecular flexibility index (Phi) is 4.56. The van der Waals surface area contributed by atoms with E-state index in [0.29, 0.717) is 5.82 Å². The Balaban J connectivity index is 1.37. The molecule has 1 atom stereocenters. The lowest BCUT2D eigenvalue weighted by molar-refractivity contribution is -0.780. The van der Waals surface area contributed by atoms with Gasteiger partial charge in [-0.3, -0.25) is 19.4 Å². The van der Waals surface area contributed by atoms with Crippen LogP contribution >= 0.6 is 0 Å². The molecule has 0 bridgehead atoms. The Bertz CT molecular complexity index is 966. The van der Waals surface area contributed by atoms with Crippen LogP contribution < -0.4 is 15.8 Å². The maximum absolute atomic E-state index is 12.2. The van der Waals surface area contributed by atoms with Crippen LogP contribution in [-0.2, 0) is 11.3 Å². The average Bonchev–Trinajstić information content (AvgIpc) is 3.32. The van der Waals surface area contributed by atoms with E-state index in [1.165, 1.54) is 0 Å². The average molecular weight is 363 g/mol. The SMILES string of the molecule is C[NH+]1C=C(c2cnn(CC(=O)Nc3ccc(-c4cnccn4)cn3)c2)N[N-]1. The fourth-order valence-electron chi connectivity index (χ4n) is 2.56. The number of nitrogens with one attached hydrogen (secondary N) is 3. The van der Waals surface area contributed by atoms with Gasteiger partial charge in [-0.25, -0.2) is 4.98 Å². The molecule has 0 saturated carbocycles. The topological polar surface area (TPSA) is 116 Å². The van der Waals surface area contributed by atoms with Gasteiger partial charge in [-0.15, -0.1) is 0 Å². The van der Waals surface area contributed by atoms with Crippen molar-refractivity contribution in [3.8, 4) is 11.3 Å². The summed E-state index contributed by atoms with van der Waals surface area (Å²) in [6.07, 6.45) is 11.9. The minimum atomic E-state index is -0.217. The van der Waals surface area contributed by atoms with Gasteiger partial charge in [0.15, 0.2) is 0 Å². The Morgan fingerprint density at radius 1 is 1.22 bits per heavy atom. The molecule has 3 N–H and O–H groups in total. The van der Waals surface area contributed by atoms with Gasteiger partial charge in [-0.1, -0.05) is 0 Å². The zero-order valence-electron chi connectivity index (χ0n) is 14.5. The zero-order valence-corrected chi connectivity index (χ0v) is 14.5. The molecule has 4 heterocycles. The minimum Gasteiger partial charge on any atom is -0.434 e. The second-order valence-electron chi connectivity index (χ2n) is 5.92. The van der Waals surface area contributed by atoms with Gasteiger partial charge >= 0.3 is 0 Å². The number of hydrogen-bond donors (Lipinski definition) is 3. The van der Waals surface area contributed by atoms with Crippen molar-refractivity contribution in [1.29, 1.82) is 0 Å². The normalized spacial score (nSPS) is 15.9. The van der Waals surface area contributed by atoms with Crippen LogP contribution in [-0.4, -0.2) is 37.7 Å². The van der Waals surface area contributed by atoms with Crippen molar-refractivity contribution >= 4 is 17.4 Å². The number of aromatic nitrogens is 5. The summed E-state index contributed by atoms with van der Waals surface area (Å²) in [6.45, 7) is 0.0840. The predicted octanol–water partition coefficient (Wildman–Crippen LogP) is -0.00620. The number of carbonyl (C=O) groups is 1. The van der Waals surface area contributed by atoms with E-state index >= 15 is 0 Å². The Hall–Kier alpha value is -3.63. The zero-order chi connectivity index (χ0) is 18.6. The third kappa shape index (κ3) is 3.97. The molecule has 0 radical (unpaired) electrons. The molecule has 1 aliphatic heterocycles. The van der Waals surface area contributed by atoms with Gasteiger partial charge < -0.3 is 21.3 Å². The van der Waals surface area contributed by atoms with Gasteiger partial charge in [-0.2, -0.15) is 5.10 Å². The van der Waals surface area contributed by atoms with Crippen molar-refractivity contribution in [2.45, 2.75) is 6.54 Å². The second kappa shape index (κ2) is 7.32. The molecule has 10 nitrogen and oxygen atoms in total. The molecule has 1 amide bonds. The van der Waals surface area contributed by atoms with Gasteiger partial charge in [0, 0.05) is 35.9 Å². The highest BCUT2D eigenvalue weighted by Gasteiger charge is 2.11. The first-order valence-corrected chi connectivity index (χ1v) is 8.24. The molecule has 0 aromatic carbocycles. The smallest absolute Gasteiger partial charge is 0.247 e. The molecule has 10 heteroatoms. The van der Waals surface area contributed by atoms with Crippen LogP contribution in [0.2, 0.25) is 0 Å². The molecule has 0 saturated heterocycles. The monoisotopic (exact) mass is 363 g/mol. The molecular weight excluding hydrogens is 346 g/mol. The summed E-state index contributed by atoms with van der Waals surface area (Å²) in [5, 5.41) is 7.86. The third-order valence-corrected chi connectivity index (χ3v) is 3.85. The highest BCUT2D eigenvalue weighted by molar-refractivity contribution is 5.89. The molecule has 1 aliphatic rings. The van der Waals surface area contributed by atoms with Crippen molar-refractivity contribution in [2.75, 3.05) is 12.4 Å². The number of pyridine rings is 1. The maximum atomic E-state index is 12.2. The summed E-state index contributed by atoms with van der Waals surface area (Å²) in [4.78, 5) is 24.7. The van der Waals surface area contributed by atoms with Crippen LogP contribution in [0, 0.1) is 0 Å². The first-order valence-electron chi connectivity index (χ1n) is 8.24. The molecule has 3 aromatic heterocycles. The second-order valence-corrected chi connectivity index (χ2v) is 5.92.